The van der Waals surface area contributed by atoms with Crippen LogP contribution in [-0.2, 0) is 17.8 Å². The molecule has 0 atom stereocenters. The van der Waals surface area contributed by atoms with Gasteiger partial charge in [0.05, 0.1) is 30.4 Å². The molecule has 0 spiro atoms. The smallest absolute Gasteiger partial charge is 0.226 e. The molecule has 25 heavy (non-hydrogen) atoms. The third-order valence-electron chi connectivity index (χ3n) is 3.84. The molecule has 0 radical (unpaired) electrons. The van der Waals surface area contributed by atoms with E-state index in [-0.39, 0.29) is 12.3 Å². The molecule has 3 aromatic rings. The highest BCUT2D eigenvalue weighted by Gasteiger charge is 2.16. The lowest BCUT2D eigenvalue weighted by molar-refractivity contribution is -0.120. The first kappa shape index (κ1) is 16.2. The second kappa shape index (κ2) is 6.93. The number of benzene rings is 1. The quantitative estimate of drug-likeness (QED) is 0.758. The average molecular weight is 378 g/mol. The fraction of sp³-hybridized carbons (Fsp3) is 0.294. The highest BCUT2D eigenvalue weighted by Crippen LogP contribution is 2.37. The summed E-state index contributed by atoms with van der Waals surface area (Å²) in [6, 6.07) is 3.65. The Bertz CT molecular complexity index is 893. The number of carbonyl (C=O) groups excluding carboxylic acids is 1. The summed E-state index contributed by atoms with van der Waals surface area (Å²) >= 11 is 7.81. The molecule has 1 N–H and O–H groups in total. The third-order valence-corrected chi connectivity index (χ3v) is 4.89. The number of hydrogen-bond acceptors (Lipinski definition) is 5. The van der Waals surface area contributed by atoms with Gasteiger partial charge in [-0.25, -0.2) is 4.98 Å². The Morgan fingerprint density at radius 1 is 1.36 bits per heavy atom. The van der Waals surface area contributed by atoms with Crippen LogP contribution < -0.4 is 14.8 Å². The first-order valence-corrected chi connectivity index (χ1v) is 9.20. The predicted molar refractivity (Wildman–Crippen MR) is 95.7 cm³/mol. The van der Waals surface area contributed by atoms with Crippen LogP contribution >= 0.6 is 22.9 Å². The van der Waals surface area contributed by atoms with Crippen molar-refractivity contribution in [3.05, 3.63) is 46.2 Å². The normalized spacial score (nSPS) is 13.6. The number of aromatic nitrogens is 2. The van der Waals surface area contributed by atoms with Crippen LogP contribution in [0.5, 0.6) is 11.5 Å². The lowest BCUT2D eigenvalue weighted by Crippen LogP contribution is -2.24. The Morgan fingerprint density at radius 2 is 2.24 bits per heavy atom. The van der Waals surface area contributed by atoms with E-state index in [0.29, 0.717) is 36.3 Å². The van der Waals surface area contributed by atoms with E-state index in [1.165, 1.54) is 0 Å². The zero-order valence-corrected chi connectivity index (χ0v) is 14.9. The van der Waals surface area contributed by atoms with E-state index in [2.05, 4.69) is 10.3 Å². The summed E-state index contributed by atoms with van der Waals surface area (Å²) in [6.45, 7) is 1.55. The van der Waals surface area contributed by atoms with Crippen molar-refractivity contribution in [2.75, 3.05) is 13.2 Å². The molecular formula is C17H16ClN3O3S. The maximum absolute atomic E-state index is 12.2. The van der Waals surface area contributed by atoms with E-state index >= 15 is 0 Å². The number of rotatable bonds is 4. The standard InChI is InChI=1S/C17H16ClN3O3S/c18-13-6-11(7-14-16(13)24-4-1-3-23-14)9-19-15(22)8-12-10-21-2-5-25-17(21)20-12/h2,5-7,10H,1,3-4,8-9H2,(H,19,22). The van der Waals surface area contributed by atoms with Gasteiger partial charge in [0.1, 0.15) is 0 Å². The maximum atomic E-state index is 12.2. The largest absolute Gasteiger partial charge is 0.489 e. The topological polar surface area (TPSA) is 64.9 Å². The van der Waals surface area contributed by atoms with Crippen molar-refractivity contribution in [2.45, 2.75) is 19.4 Å². The van der Waals surface area contributed by atoms with Crippen LogP contribution in [0.25, 0.3) is 4.96 Å². The second-order valence-electron chi connectivity index (χ2n) is 5.73. The van der Waals surface area contributed by atoms with E-state index in [1.807, 2.05) is 28.2 Å². The Morgan fingerprint density at radius 3 is 3.12 bits per heavy atom. The van der Waals surface area contributed by atoms with Crippen molar-refractivity contribution in [2.24, 2.45) is 0 Å². The Balaban J connectivity index is 1.40. The number of fused-ring (bicyclic) bond motifs is 2. The summed E-state index contributed by atoms with van der Waals surface area (Å²) in [5.41, 5.74) is 1.62. The number of amides is 1. The fourth-order valence-electron chi connectivity index (χ4n) is 2.68. The summed E-state index contributed by atoms with van der Waals surface area (Å²) in [5, 5.41) is 5.35. The molecule has 1 aliphatic rings. The van der Waals surface area contributed by atoms with E-state index in [0.717, 1.165) is 22.6 Å². The summed E-state index contributed by atoms with van der Waals surface area (Å²) < 4.78 is 13.2. The van der Waals surface area contributed by atoms with Gasteiger partial charge in [0.2, 0.25) is 5.91 Å². The number of nitrogens with zero attached hydrogens (tertiary/aromatic N) is 2. The number of nitrogens with one attached hydrogen (secondary N) is 1. The van der Waals surface area contributed by atoms with Crippen molar-refractivity contribution in [1.29, 1.82) is 0 Å². The molecule has 0 aliphatic carbocycles. The minimum Gasteiger partial charge on any atom is -0.489 e. The van der Waals surface area contributed by atoms with Crippen LogP contribution in [0.3, 0.4) is 0 Å². The molecule has 0 bridgehead atoms. The Kier molecular flexibility index (Phi) is 4.50. The number of halogens is 1. The summed E-state index contributed by atoms with van der Waals surface area (Å²) in [6.07, 6.45) is 4.86. The fourth-order valence-corrected chi connectivity index (χ4v) is 3.68. The van der Waals surface area contributed by atoms with Gasteiger partial charge in [-0.15, -0.1) is 11.3 Å². The van der Waals surface area contributed by atoms with Gasteiger partial charge in [-0.05, 0) is 17.7 Å². The molecule has 0 saturated carbocycles. The molecule has 4 rings (SSSR count). The predicted octanol–water partition coefficient (Wildman–Crippen LogP) is 3.07. The van der Waals surface area contributed by atoms with Gasteiger partial charge in [-0.2, -0.15) is 0 Å². The molecule has 6 nitrogen and oxygen atoms in total. The third kappa shape index (κ3) is 3.57. The molecule has 0 saturated heterocycles. The van der Waals surface area contributed by atoms with Crippen LogP contribution in [0.4, 0.5) is 0 Å². The number of hydrogen-bond donors (Lipinski definition) is 1. The Labute approximate surface area is 153 Å². The summed E-state index contributed by atoms with van der Waals surface area (Å²) in [5.74, 6) is 1.12. The molecule has 130 valence electrons. The number of carbonyl (C=O) groups is 1. The lowest BCUT2D eigenvalue weighted by atomic mass is 10.2. The van der Waals surface area contributed by atoms with E-state index < -0.39 is 0 Å². The van der Waals surface area contributed by atoms with Crippen molar-refractivity contribution in [1.82, 2.24) is 14.7 Å². The first-order valence-electron chi connectivity index (χ1n) is 7.95. The number of thiazole rings is 1. The van der Waals surface area contributed by atoms with E-state index in [4.69, 9.17) is 21.1 Å². The highest BCUT2D eigenvalue weighted by atomic mass is 35.5. The summed E-state index contributed by atoms with van der Waals surface area (Å²) in [7, 11) is 0. The zero-order valence-electron chi connectivity index (χ0n) is 13.3. The average Bonchev–Trinajstić information content (AvgIpc) is 3.07. The second-order valence-corrected chi connectivity index (χ2v) is 7.01. The van der Waals surface area contributed by atoms with Crippen LogP contribution in [0.2, 0.25) is 5.02 Å². The molecule has 8 heteroatoms. The number of ether oxygens (including phenoxy) is 2. The molecular weight excluding hydrogens is 362 g/mol. The van der Waals surface area contributed by atoms with Gasteiger partial charge in [0, 0.05) is 30.7 Å². The van der Waals surface area contributed by atoms with Gasteiger partial charge in [0.15, 0.2) is 16.5 Å². The Hall–Kier alpha value is -2.25. The summed E-state index contributed by atoms with van der Waals surface area (Å²) in [4.78, 5) is 17.5. The van der Waals surface area contributed by atoms with Crippen molar-refractivity contribution < 1.29 is 14.3 Å². The van der Waals surface area contributed by atoms with Gasteiger partial charge in [0.25, 0.3) is 0 Å². The van der Waals surface area contributed by atoms with Crippen LogP contribution in [0, 0.1) is 0 Å². The molecule has 1 amide bonds. The van der Waals surface area contributed by atoms with Gasteiger partial charge >= 0.3 is 0 Å². The maximum Gasteiger partial charge on any atom is 0.226 e. The molecule has 0 fully saturated rings. The first-order chi connectivity index (χ1) is 12.2. The van der Waals surface area contributed by atoms with Gasteiger partial charge < -0.3 is 14.8 Å². The molecule has 1 aromatic carbocycles. The molecule has 2 aromatic heterocycles. The minimum atomic E-state index is -0.0889. The number of imidazole rings is 1. The zero-order chi connectivity index (χ0) is 17.2. The van der Waals surface area contributed by atoms with Gasteiger partial charge in [-0.1, -0.05) is 11.6 Å². The lowest BCUT2D eigenvalue weighted by Gasteiger charge is -2.12. The van der Waals surface area contributed by atoms with Crippen molar-refractivity contribution in [3.8, 4) is 11.5 Å². The minimum absolute atomic E-state index is 0.0889. The van der Waals surface area contributed by atoms with E-state index in [9.17, 15) is 4.79 Å². The van der Waals surface area contributed by atoms with Crippen LogP contribution in [-0.4, -0.2) is 28.5 Å². The monoisotopic (exact) mass is 377 g/mol. The van der Waals surface area contributed by atoms with Gasteiger partial charge in [-0.3, -0.25) is 9.20 Å². The van der Waals surface area contributed by atoms with Crippen molar-refractivity contribution >= 4 is 33.8 Å². The molecule has 0 unspecified atom stereocenters. The van der Waals surface area contributed by atoms with Crippen LogP contribution in [0.1, 0.15) is 17.7 Å². The van der Waals surface area contributed by atoms with E-state index in [1.54, 1.807) is 17.4 Å². The molecule has 3 heterocycles. The van der Waals surface area contributed by atoms with Crippen LogP contribution in [0.15, 0.2) is 29.9 Å². The molecule has 1 aliphatic heterocycles. The highest BCUT2D eigenvalue weighted by molar-refractivity contribution is 7.15. The van der Waals surface area contributed by atoms with Crippen molar-refractivity contribution in [3.63, 3.8) is 0 Å². The SMILES string of the molecule is O=C(Cc1cn2ccsc2n1)NCc1cc(Cl)c2c(c1)OCCCO2.